The number of hydrogen-bond donors (Lipinski definition) is 1. The van der Waals surface area contributed by atoms with Gasteiger partial charge in [-0.3, -0.25) is 19.6 Å². The van der Waals surface area contributed by atoms with Crippen molar-refractivity contribution in [2.45, 2.75) is 0 Å². The summed E-state index contributed by atoms with van der Waals surface area (Å²) in [5.74, 6) is -0.290. The van der Waals surface area contributed by atoms with E-state index in [1.165, 1.54) is 7.05 Å². The number of carbonyl (C=O) groups is 2. The molecule has 1 saturated heterocycles. The molecule has 0 radical (unpaired) electrons. The highest BCUT2D eigenvalue weighted by atomic mass is 79.9. The van der Waals surface area contributed by atoms with Crippen LogP contribution in [0.1, 0.15) is 5.56 Å². The number of aromatic amines is 1. The highest BCUT2D eigenvalue weighted by molar-refractivity contribution is 9.10. The number of amides is 2. The summed E-state index contributed by atoms with van der Waals surface area (Å²) in [7, 11) is 1.47. The van der Waals surface area contributed by atoms with Gasteiger partial charge < -0.3 is 0 Å². The molecule has 1 aromatic carbocycles. The van der Waals surface area contributed by atoms with Crippen LogP contribution in [-0.4, -0.2) is 38.5 Å². The van der Waals surface area contributed by atoms with Crippen molar-refractivity contribution >= 4 is 55.9 Å². The second kappa shape index (κ2) is 4.46. The average molecular weight is 339 g/mol. The number of benzene rings is 1. The number of nitrogens with one attached hydrogen (secondary N) is 1. The van der Waals surface area contributed by atoms with Crippen molar-refractivity contribution in [3.63, 3.8) is 0 Å². The van der Waals surface area contributed by atoms with E-state index in [1.54, 1.807) is 12.1 Å². The van der Waals surface area contributed by atoms with Gasteiger partial charge in [-0.1, -0.05) is 21.1 Å². The predicted octanol–water partition coefficient (Wildman–Crippen LogP) is 2.39. The number of thioether (sulfide) groups is 1. The van der Waals surface area contributed by atoms with Gasteiger partial charge >= 0.3 is 0 Å². The van der Waals surface area contributed by atoms with Crippen molar-refractivity contribution in [3.8, 4) is 0 Å². The number of rotatable bonds is 1. The number of halogens is 1. The Labute approximate surface area is 120 Å². The Hall–Kier alpha value is -1.67. The fraction of sp³-hybridized carbons (Fsp3) is 0.0909. The van der Waals surface area contributed by atoms with Crippen LogP contribution >= 0.6 is 27.7 Å². The van der Waals surface area contributed by atoms with E-state index in [-0.39, 0.29) is 11.1 Å². The molecule has 3 rings (SSSR count). The molecule has 2 aromatic rings. The highest BCUT2D eigenvalue weighted by Gasteiger charge is 2.31. The largest absolute Gasteiger partial charge is 0.293 e. The van der Waals surface area contributed by atoms with Crippen LogP contribution < -0.4 is 0 Å². The summed E-state index contributed by atoms with van der Waals surface area (Å²) >= 11 is 4.35. The van der Waals surface area contributed by atoms with E-state index in [4.69, 9.17) is 0 Å². The van der Waals surface area contributed by atoms with Crippen molar-refractivity contribution in [2.75, 3.05) is 7.05 Å². The van der Waals surface area contributed by atoms with E-state index in [0.29, 0.717) is 10.4 Å². The number of H-pyrrole nitrogens is 1. The summed E-state index contributed by atoms with van der Waals surface area (Å²) in [6, 6.07) is 3.63. The first-order valence-electron chi connectivity index (χ1n) is 5.28. The number of nitrogens with zero attached hydrogens (tertiary/aromatic N) is 3. The molecule has 1 aliphatic rings. The van der Waals surface area contributed by atoms with Crippen molar-refractivity contribution in [3.05, 3.63) is 27.1 Å². The topological polar surface area (TPSA) is 79.0 Å². The Morgan fingerprint density at radius 2 is 2.21 bits per heavy atom. The lowest BCUT2D eigenvalue weighted by Gasteiger charge is -2.02. The summed E-state index contributed by atoms with van der Waals surface area (Å²) in [6.45, 7) is 0. The zero-order valence-electron chi connectivity index (χ0n) is 9.68. The van der Waals surface area contributed by atoms with E-state index in [0.717, 1.165) is 32.2 Å². The fourth-order valence-electron chi connectivity index (χ4n) is 1.68. The Kier molecular flexibility index (Phi) is 2.90. The minimum absolute atomic E-state index is 0.269. The van der Waals surface area contributed by atoms with Gasteiger partial charge in [-0.2, -0.15) is 0 Å². The van der Waals surface area contributed by atoms with Crippen LogP contribution in [0.5, 0.6) is 0 Å². The molecule has 1 fully saturated rings. The molecule has 0 aliphatic carbocycles. The van der Waals surface area contributed by atoms with Gasteiger partial charge in [0.1, 0.15) is 5.52 Å². The standard InChI is InChI=1S/C11H7BrN4O2S/c1-16-10(17)9(19-11(16)18)3-5-2-7-8(4-6(5)12)14-15-13-7/h2-4H,1H3,(H,13,14,15)/b9-3-. The molecule has 1 aliphatic heterocycles. The van der Waals surface area contributed by atoms with Gasteiger partial charge in [-0.25, -0.2) is 0 Å². The van der Waals surface area contributed by atoms with Crippen LogP contribution in [0, 0.1) is 0 Å². The van der Waals surface area contributed by atoms with Crippen LogP contribution in [0.25, 0.3) is 17.1 Å². The smallest absolute Gasteiger partial charge is 0.272 e. The average Bonchev–Trinajstić information content (AvgIpc) is 2.91. The van der Waals surface area contributed by atoms with Crippen LogP contribution in [0.15, 0.2) is 21.5 Å². The Balaban J connectivity index is 2.08. The zero-order valence-corrected chi connectivity index (χ0v) is 12.1. The number of hydrogen-bond acceptors (Lipinski definition) is 5. The van der Waals surface area contributed by atoms with E-state index in [1.807, 2.05) is 6.07 Å². The number of aromatic nitrogens is 3. The van der Waals surface area contributed by atoms with Gasteiger partial charge in [0.15, 0.2) is 0 Å². The number of imide groups is 1. The van der Waals surface area contributed by atoms with Gasteiger partial charge in [0, 0.05) is 11.5 Å². The van der Waals surface area contributed by atoms with Crippen molar-refractivity contribution < 1.29 is 9.59 Å². The van der Waals surface area contributed by atoms with Gasteiger partial charge in [-0.05, 0) is 35.5 Å². The zero-order chi connectivity index (χ0) is 13.6. The maximum atomic E-state index is 11.8. The van der Waals surface area contributed by atoms with E-state index < -0.39 is 0 Å². The molecule has 1 aromatic heterocycles. The molecule has 2 heterocycles. The number of carbonyl (C=O) groups excluding carboxylic acids is 2. The summed E-state index contributed by atoms with van der Waals surface area (Å²) < 4.78 is 0.800. The van der Waals surface area contributed by atoms with Crippen molar-refractivity contribution in [1.29, 1.82) is 0 Å². The van der Waals surface area contributed by atoms with Crippen LogP contribution in [0.4, 0.5) is 4.79 Å². The first kappa shape index (κ1) is 12.4. The molecule has 0 unspecified atom stereocenters. The SMILES string of the molecule is CN1C(=O)S/C(=C\c2cc3nn[nH]c3cc2Br)C1=O. The van der Waals surface area contributed by atoms with Gasteiger partial charge in [0.05, 0.1) is 10.4 Å². The lowest BCUT2D eigenvalue weighted by Crippen LogP contribution is -2.22. The quantitative estimate of drug-likeness (QED) is 0.807. The minimum atomic E-state index is -0.290. The maximum Gasteiger partial charge on any atom is 0.293 e. The third-order valence-corrected chi connectivity index (χ3v) is 4.36. The summed E-state index contributed by atoms with van der Waals surface area (Å²) in [6.07, 6.45) is 1.67. The third-order valence-electron chi connectivity index (χ3n) is 2.72. The van der Waals surface area contributed by atoms with Gasteiger partial charge in [0.2, 0.25) is 0 Å². The molecule has 0 spiro atoms. The monoisotopic (exact) mass is 338 g/mol. The fourth-order valence-corrected chi connectivity index (χ4v) is 2.96. The molecule has 19 heavy (non-hydrogen) atoms. The summed E-state index contributed by atoms with van der Waals surface area (Å²) in [5.41, 5.74) is 2.28. The van der Waals surface area contributed by atoms with E-state index in [9.17, 15) is 9.59 Å². The lowest BCUT2D eigenvalue weighted by atomic mass is 10.2. The second-order valence-corrected chi connectivity index (χ2v) is 5.79. The Bertz CT molecular complexity index is 739. The van der Waals surface area contributed by atoms with Crippen LogP contribution in [-0.2, 0) is 4.79 Å². The van der Waals surface area contributed by atoms with Crippen LogP contribution in [0.2, 0.25) is 0 Å². The lowest BCUT2D eigenvalue weighted by molar-refractivity contribution is -0.121. The first-order chi connectivity index (χ1) is 9.06. The van der Waals surface area contributed by atoms with Crippen molar-refractivity contribution in [1.82, 2.24) is 20.3 Å². The molecule has 0 saturated carbocycles. The molecule has 1 N–H and O–H groups in total. The Morgan fingerprint density at radius 3 is 2.89 bits per heavy atom. The third kappa shape index (κ3) is 2.06. The molecule has 8 heteroatoms. The second-order valence-electron chi connectivity index (χ2n) is 3.94. The van der Waals surface area contributed by atoms with E-state index in [2.05, 4.69) is 31.3 Å². The maximum absolute atomic E-state index is 11.8. The normalized spacial score (nSPS) is 18.0. The summed E-state index contributed by atoms with van der Waals surface area (Å²) in [4.78, 5) is 24.7. The molecular formula is C11H7BrN4O2S. The molecular weight excluding hydrogens is 332 g/mol. The molecule has 2 amide bonds. The Morgan fingerprint density at radius 1 is 1.42 bits per heavy atom. The minimum Gasteiger partial charge on any atom is -0.272 e. The number of likely N-dealkylation sites (N-methyl/N-ethyl adjacent to an activating group) is 1. The van der Waals surface area contributed by atoms with Gasteiger partial charge in [-0.15, -0.1) is 5.10 Å². The first-order valence-corrected chi connectivity index (χ1v) is 6.89. The van der Waals surface area contributed by atoms with Crippen molar-refractivity contribution in [2.24, 2.45) is 0 Å². The molecule has 96 valence electrons. The molecule has 0 bridgehead atoms. The molecule has 0 atom stereocenters. The van der Waals surface area contributed by atoms with Crippen LogP contribution in [0.3, 0.4) is 0 Å². The summed E-state index contributed by atoms with van der Waals surface area (Å²) in [5, 5.41) is 10.1. The predicted molar refractivity (Wildman–Crippen MR) is 75.3 cm³/mol. The number of fused-ring (bicyclic) bond motifs is 1. The van der Waals surface area contributed by atoms with E-state index >= 15 is 0 Å². The van der Waals surface area contributed by atoms with Gasteiger partial charge in [0.25, 0.3) is 11.1 Å². The highest BCUT2D eigenvalue weighted by Crippen LogP contribution is 2.33. The molecule has 6 nitrogen and oxygen atoms in total.